The Morgan fingerprint density at radius 3 is 2.95 bits per heavy atom. The van der Waals surface area contributed by atoms with Crippen LogP contribution in [0.15, 0.2) is 23.1 Å². The average Bonchev–Trinajstić information content (AvgIpc) is 2.91. The third kappa shape index (κ3) is 3.39. The SMILES string of the molecule is NNc1ncc(C(=O)NCCc2ncno2)cc1Cl. The highest BCUT2D eigenvalue weighted by atomic mass is 35.5. The van der Waals surface area contributed by atoms with Crippen molar-refractivity contribution in [3.05, 3.63) is 35.1 Å². The van der Waals surface area contributed by atoms with Gasteiger partial charge in [0.05, 0.1) is 10.6 Å². The summed E-state index contributed by atoms with van der Waals surface area (Å²) in [4.78, 5) is 19.5. The lowest BCUT2D eigenvalue weighted by Gasteiger charge is -2.06. The van der Waals surface area contributed by atoms with Gasteiger partial charge in [-0.1, -0.05) is 16.8 Å². The third-order valence-corrected chi connectivity index (χ3v) is 2.56. The Labute approximate surface area is 113 Å². The number of carbonyl (C=O) groups is 1. The van der Waals surface area contributed by atoms with Gasteiger partial charge < -0.3 is 15.3 Å². The van der Waals surface area contributed by atoms with Gasteiger partial charge in [-0.25, -0.2) is 10.8 Å². The summed E-state index contributed by atoms with van der Waals surface area (Å²) in [5, 5.41) is 6.42. The van der Waals surface area contributed by atoms with Crippen LogP contribution in [0.5, 0.6) is 0 Å². The minimum atomic E-state index is -0.294. The van der Waals surface area contributed by atoms with Gasteiger partial charge in [0.25, 0.3) is 5.91 Å². The van der Waals surface area contributed by atoms with Crippen LogP contribution >= 0.6 is 11.6 Å². The van der Waals surface area contributed by atoms with E-state index in [1.165, 1.54) is 18.6 Å². The van der Waals surface area contributed by atoms with Gasteiger partial charge in [0.1, 0.15) is 0 Å². The molecule has 0 bridgehead atoms. The second kappa shape index (κ2) is 6.12. The number of aromatic nitrogens is 3. The number of nitrogens with zero attached hydrogens (tertiary/aromatic N) is 3. The van der Waals surface area contributed by atoms with Crippen molar-refractivity contribution in [2.45, 2.75) is 6.42 Å². The van der Waals surface area contributed by atoms with Crippen LogP contribution in [-0.4, -0.2) is 27.6 Å². The molecule has 0 radical (unpaired) electrons. The Morgan fingerprint density at radius 1 is 1.47 bits per heavy atom. The molecule has 0 aromatic carbocycles. The van der Waals surface area contributed by atoms with Crippen molar-refractivity contribution in [1.29, 1.82) is 0 Å². The molecule has 2 rings (SSSR count). The van der Waals surface area contributed by atoms with Gasteiger partial charge >= 0.3 is 0 Å². The highest BCUT2D eigenvalue weighted by Gasteiger charge is 2.09. The molecule has 0 aliphatic heterocycles. The monoisotopic (exact) mass is 282 g/mol. The largest absolute Gasteiger partial charge is 0.351 e. The van der Waals surface area contributed by atoms with Gasteiger partial charge in [-0.3, -0.25) is 4.79 Å². The Morgan fingerprint density at radius 2 is 2.32 bits per heavy atom. The number of nitrogens with two attached hydrogens (primary N) is 1. The summed E-state index contributed by atoms with van der Waals surface area (Å²) in [6.07, 6.45) is 3.14. The summed E-state index contributed by atoms with van der Waals surface area (Å²) in [6.45, 7) is 0.371. The third-order valence-electron chi connectivity index (χ3n) is 2.27. The number of nitrogens with one attached hydrogen (secondary N) is 2. The van der Waals surface area contributed by atoms with Crippen LogP contribution in [0.1, 0.15) is 16.2 Å². The lowest BCUT2D eigenvalue weighted by molar-refractivity contribution is 0.0953. The Hall–Kier alpha value is -2.19. The van der Waals surface area contributed by atoms with E-state index in [-0.39, 0.29) is 10.9 Å². The van der Waals surface area contributed by atoms with Gasteiger partial charge in [-0.05, 0) is 6.07 Å². The Bertz CT molecular complexity index is 559. The van der Waals surface area contributed by atoms with Gasteiger partial charge in [-0.15, -0.1) is 0 Å². The summed E-state index contributed by atoms with van der Waals surface area (Å²) < 4.78 is 4.80. The molecule has 19 heavy (non-hydrogen) atoms. The summed E-state index contributed by atoms with van der Waals surface area (Å²) in [7, 11) is 0. The lowest BCUT2D eigenvalue weighted by atomic mass is 10.2. The Balaban J connectivity index is 1.91. The molecule has 0 saturated carbocycles. The normalized spacial score (nSPS) is 10.2. The fourth-order valence-corrected chi connectivity index (χ4v) is 1.58. The predicted molar refractivity (Wildman–Crippen MR) is 67.4 cm³/mol. The molecule has 0 aliphatic carbocycles. The van der Waals surface area contributed by atoms with Crippen molar-refractivity contribution >= 4 is 23.3 Å². The van der Waals surface area contributed by atoms with Crippen molar-refractivity contribution in [1.82, 2.24) is 20.4 Å². The van der Waals surface area contributed by atoms with E-state index in [9.17, 15) is 4.79 Å². The maximum atomic E-state index is 11.8. The summed E-state index contributed by atoms with van der Waals surface area (Å²) in [5.41, 5.74) is 2.66. The van der Waals surface area contributed by atoms with E-state index in [1.807, 2.05) is 0 Å². The summed E-state index contributed by atoms with van der Waals surface area (Å²) in [6, 6.07) is 1.48. The fraction of sp³-hybridized carbons (Fsp3) is 0.200. The zero-order chi connectivity index (χ0) is 13.7. The highest BCUT2D eigenvalue weighted by Crippen LogP contribution is 2.18. The molecule has 1 amide bonds. The van der Waals surface area contributed by atoms with Crippen LogP contribution in [0.25, 0.3) is 0 Å². The molecule has 0 unspecified atom stereocenters. The van der Waals surface area contributed by atoms with E-state index in [1.54, 1.807) is 0 Å². The number of nitrogen functional groups attached to an aromatic ring is 1. The number of hydrogen-bond acceptors (Lipinski definition) is 7. The number of amides is 1. The Kier molecular flexibility index (Phi) is 4.26. The zero-order valence-electron chi connectivity index (χ0n) is 9.76. The molecule has 9 heteroatoms. The van der Waals surface area contributed by atoms with E-state index in [0.29, 0.717) is 30.2 Å². The molecule has 0 fully saturated rings. The molecule has 0 atom stereocenters. The number of hydrogen-bond donors (Lipinski definition) is 3. The zero-order valence-corrected chi connectivity index (χ0v) is 10.5. The van der Waals surface area contributed by atoms with E-state index in [2.05, 4.69) is 25.9 Å². The topological polar surface area (TPSA) is 119 Å². The predicted octanol–water partition coefficient (Wildman–Crippen LogP) is 0.376. The van der Waals surface area contributed by atoms with Crippen LogP contribution in [0.2, 0.25) is 5.02 Å². The second-order valence-corrected chi connectivity index (χ2v) is 3.95. The quantitative estimate of drug-likeness (QED) is 0.535. The van der Waals surface area contributed by atoms with Crippen molar-refractivity contribution in [3.63, 3.8) is 0 Å². The number of carbonyl (C=O) groups excluding carboxylic acids is 1. The average molecular weight is 283 g/mol. The number of anilines is 1. The minimum absolute atomic E-state index is 0.270. The number of hydrazine groups is 1. The van der Waals surface area contributed by atoms with Crippen LogP contribution in [0, 0.1) is 0 Å². The molecule has 2 heterocycles. The molecule has 8 nitrogen and oxygen atoms in total. The summed E-state index contributed by atoms with van der Waals surface area (Å²) in [5.74, 6) is 5.66. The van der Waals surface area contributed by atoms with Crippen molar-refractivity contribution in [2.24, 2.45) is 5.84 Å². The molecule has 2 aromatic rings. The first-order valence-electron chi connectivity index (χ1n) is 5.36. The molecule has 0 spiro atoms. The van der Waals surface area contributed by atoms with Crippen LogP contribution in [0.3, 0.4) is 0 Å². The first kappa shape index (κ1) is 13.2. The second-order valence-electron chi connectivity index (χ2n) is 3.54. The van der Waals surface area contributed by atoms with Crippen LogP contribution in [-0.2, 0) is 6.42 Å². The maximum Gasteiger partial charge on any atom is 0.252 e. The summed E-state index contributed by atoms with van der Waals surface area (Å²) >= 11 is 5.87. The van der Waals surface area contributed by atoms with Gasteiger partial charge in [-0.2, -0.15) is 4.98 Å². The first-order valence-corrected chi connectivity index (χ1v) is 5.74. The van der Waals surface area contributed by atoms with Crippen molar-refractivity contribution < 1.29 is 9.32 Å². The molecule has 2 aromatic heterocycles. The van der Waals surface area contributed by atoms with Crippen molar-refractivity contribution in [3.8, 4) is 0 Å². The minimum Gasteiger partial charge on any atom is -0.351 e. The van der Waals surface area contributed by atoms with Crippen LogP contribution < -0.4 is 16.6 Å². The smallest absolute Gasteiger partial charge is 0.252 e. The maximum absolute atomic E-state index is 11.8. The molecule has 0 saturated heterocycles. The lowest BCUT2D eigenvalue weighted by Crippen LogP contribution is -2.26. The van der Waals surface area contributed by atoms with Gasteiger partial charge in [0.2, 0.25) is 5.89 Å². The van der Waals surface area contributed by atoms with E-state index < -0.39 is 0 Å². The standard InChI is InChI=1S/C10H11ClN6O2/c11-7-3-6(4-14-9(7)17-12)10(18)13-2-1-8-15-5-16-19-8/h3-5H,1-2,12H2,(H,13,18)(H,14,17). The number of rotatable bonds is 5. The molecule has 4 N–H and O–H groups in total. The van der Waals surface area contributed by atoms with E-state index in [4.69, 9.17) is 22.0 Å². The van der Waals surface area contributed by atoms with E-state index >= 15 is 0 Å². The number of pyridine rings is 1. The fourth-order valence-electron chi connectivity index (χ4n) is 1.36. The van der Waals surface area contributed by atoms with Gasteiger partial charge in [0.15, 0.2) is 12.1 Å². The highest BCUT2D eigenvalue weighted by molar-refractivity contribution is 6.33. The first-order chi connectivity index (χ1) is 9.20. The van der Waals surface area contributed by atoms with Gasteiger partial charge in [0, 0.05) is 19.2 Å². The van der Waals surface area contributed by atoms with Crippen LogP contribution in [0.4, 0.5) is 5.82 Å². The van der Waals surface area contributed by atoms with E-state index in [0.717, 1.165) is 0 Å². The molecule has 100 valence electrons. The molecule has 0 aliphatic rings. The van der Waals surface area contributed by atoms with Crippen molar-refractivity contribution in [2.75, 3.05) is 12.0 Å². The molecular weight excluding hydrogens is 272 g/mol. The molecular formula is C10H11ClN6O2. The number of halogens is 1.